The van der Waals surface area contributed by atoms with E-state index in [1.165, 1.54) is 0 Å². The fraction of sp³-hybridized carbons (Fsp3) is 0.341. The van der Waals surface area contributed by atoms with E-state index < -0.39 is 92.1 Å². The summed E-state index contributed by atoms with van der Waals surface area (Å²) in [6.45, 7) is 1.61. The molecule has 0 spiro atoms. The van der Waals surface area contributed by atoms with E-state index in [0.717, 1.165) is 50.1 Å². The summed E-state index contributed by atoms with van der Waals surface area (Å²) in [6, 6.07) is 89.3. The predicted octanol–water partition coefficient (Wildman–Crippen LogP) is 13.1. The van der Waals surface area contributed by atoms with Crippen molar-refractivity contribution in [2.24, 2.45) is 0 Å². The van der Waals surface area contributed by atoms with Crippen LogP contribution in [0, 0.1) is 0 Å². The fourth-order valence-electron chi connectivity index (χ4n) is 12.4. The SMILES string of the molecule is CO[C@H]1O[C@H](CO[C@H]2O[C@H](CO[C@H]3O[C@H](COCc4ccccc4)[C@@H](OCc4ccccc4)[C@H](OCc4ccccc4)[C@@H]3O)[C@@H](OCc3ccccc3)[C@H](OCc3ccccc3)[C@@H]2OCc2ccccc2)[C@@H](OCc2ccccc2)[C@H](OCc2ccccc2)[C@@H]1OCc1ccccc1. The summed E-state index contributed by atoms with van der Waals surface area (Å²) in [7, 11) is 1.59. The highest BCUT2D eigenvalue weighted by Gasteiger charge is 2.54. The van der Waals surface area contributed by atoms with Gasteiger partial charge in [0.05, 0.1) is 79.3 Å². The second kappa shape index (κ2) is 37.5. The zero-order valence-corrected chi connectivity index (χ0v) is 55.2. The van der Waals surface area contributed by atoms with Crippen LogP contribution in [0.1, 0.15) is 50.1 Å². The van der Waals surface area contributed by atoms with E-state index in [0.29, 0.717) is 6.61 Å². The zero-order valence-electron chi connectivity index (χ0n) is 55.2. The van der Waals surface area contributed by atoms with Gasteiger partial charge in [0, 0.05) is 7.11 Å². The van der Waals surface area contributed by atoms with E-state index in [9.17, 15) is 5.11 Å². The van der Waals surface area contributed by atoms with Crippen LogP contribution in [0.2, 0.25) is 0 Å². The van der Waals surface area contributed by atoms with Gasteiger partial charge in [-0.25, -0.2) is 0 Å². The Hall–Kier alpha value is -7.66. The third-order valence-electron chi connectivity index (χ3n) is 17.6. The van der Waals surface area contributed by atoms with Crippen molar-refractivity contribution in [2.45, 2.75) is 152 Å². The van der Waals surface area contributed by atoms with Crippen LogP contribution in [0.5, 0.6) is 0 Å². The number of rotatable bonds is 35. The Bertz CT molecular complexity index is 3610. The normalized spacial score (nSPS) is 25.6. The zero-order chi connectivity index (χ0) is 66.8. The summed E-state index contributed by atoms with van der Waals surface area (Å²) in [6.07, 6.45) is -14.4. The van der Waals surface area contributed by atoms with E-state index in [2.05, 4.69) is 0 Å². The van der Waals surface area contributed by atoms with Crippen molar-refractivity contribution in [2.75, 3.05) is 26.9 Å². The van der Waals surface area contributed by atoms with Crippen molar-refractivity contribution in [1.29, 1.82) is 0 Å². The molecule has 3 aliphatic heterocycles. The fourth-order valence-corrected chi connectivity index (χ4v) is 12.4. The lowest BCUT2D eigenvalue weighted by Crippen LogP contribution is -2.64. The first-order chi connectivity index (χ1) is 48.5. The first-order valence-corrected chi connectivity index (χ1v) is 33.7. The molecule has 0 saturated carbocycles. The van der Waals surface area contributed by atoms with Crippen molar-refractivity contribution in [3.05, 3.63) is 323 Å². The molecule has 9 aromatic carbocycles. The minimum atomic E-state index is -1.39. The topological polar surface area (TPSA) is 159 Å². The highest BCUT2D eigenvalue weighted by Crippen LogP contribution is 2.37. The van der Waals surface area contributed by atoms with Crippen LogP contribution in [-0.2, 0) is 131 Å². The minimum absolute atomic E-state index is 0.0713. The third kappa shape index (κ3) is 20.3. The first kappa shape index (κ1) is 70.2. The monoisotopic (exact) mass is 1330 g/mol. The van der Waals surface area contributed by atoms with Gasteiger partial charge in [-0.15, -0.1) is 0 Å². The molecule has 3 saturated heterocycles. The summed E-state index contributed by atoms with van der Waals surface area (Å²) in [5.74, 6) is 0. The molecule has 0 aliphatic carbocycles. The van der Waals surface area contributed by atoms with E-state index in [1.807, 2.05) is 273 Å². The van der Waals surface area contributed by atoms with E-state index in [4.69, 9.17) is 71.1 Å². The Labute approximate surface area is 575 Å². The molecule has 3 fully saturated rings. The van der Waals surface area contributed by atoms with Crippen LogP contribution in [0.3, 0.4) is 0 Å². The molecule has 98 heavy (non-hydrogen) atoms. The van der Waals surface area contributed by atoms with E-state index in [1.54, 1.807) is 7.11 Å². The second-order valence-corrected chi connectivity index (χ2v) is 24.6. The Morgan fingerprint density at radius 2 is 0.459 bits per heavy atom. The van der Waals surface area contributed by atoms with Crippen LogP contribution in [0.15, 0.2) is 273 Å². The Morgan fingerprint density at radius 3 is 0.776 bits per heavy atom. The molecule has 512 valence electrons. The molecular weight excluding hydrogens is 1240 g/mol. The molecule has 1 N–H and O–H groups in total. The van der Waals surface area contributed by atoms with Crippen molar-refractivity contribution >= 4 is 0 Å². The van der Waals surface area contributed by atoms with Gasteiger partial charge >= 0.3 is 0 Å². The molecule has 16 heteroatoms. The molecule has 0 bridgehead atoms. The van der Waals surface area contributed by atoms with Gasteiger partial charge in [-0.2, -0.15) is 0 Å². The maximum absolute atomic E-state index is 12.8. The molecule has 9 aromatic rings. The molecule has 12 rings (SSSR count). The molecule has 0 unspecified atom stereocenters. The van der Waals surface area contributed by atoms with Gasteiger partial charge in [-0.3, -0.25) is 0 Å². The first-order valence-electron chi connectivity index (χ1n) is 33.7. The molecule has 15 atom stereocenters. The quantitative estimate of drug-likeness (QED) is 0.0399. The van der Waals surface area contributed by atoms with Gasteiger partial charge < -0.3 is 76.2 Å². The molecule has 0 aromatic heterocycles. The van der Waals surface area contributed by atoms with Crippen molar-refractivity contribution in [3.63, 3.8) is 0 Å². The summed E-state index contributed by atoms with van der Waals surface area (Å²) in [5.41, 5.74) is 8.44. The van der Waals surface area contributed by atoms with Crippen LogP contribution in [-0.4, -0.2) is 124 Å². The highest BCUT2D eigenvalue weighted by molar-refractivity contribution is 5.21. The van der Waals surface area contributed by atoms with Crippen LogP contribution in [0.4, 0.5) is 0 Å². The van der Waals surface area contributed by atoms with Crippen LogP contribution < -0.4 is 0 Å². The van der Waals surface area contributed by atoms with Crippen molar-refractivity contribution in [1.82, 2.24) is 0 Å². The van der Waals surface area contributed by atoms with Gasteiger partial charge in [0.15, 0.2) is 18.9 Å². The predicted molar refractivity (Wildman–Crippen MR) is 367 cm³/mol. The molecule has 16 nitrogen and oxygen atoms in total. The van der Waals surface area contributed by atoms with Gasteiger partial charge in [0.2, 0.25) is 0 Å². The molecule has 3 aliphatic rings. The average molecular weight is 1330 g/mol. The van der Waals surface area contributed by atoms with Gasteiger partial charge in [-0.05, 0) is 50.1 Å². The number of hydrogen-bond donors (Lipinski definition) is 1. The lowest BCUT2D eigenvalue weighted by atomic mass is 9.96. The summed E-state index contributed by atoms with van der Waals surface area (Å²) in [4.78, 5) is 0. The summed E-state index contributed by atoms with van der Waals surface area (Å²) >= 11 is 0. The lowest BCUT2D eigenvalue weighted by Gasteiger charge is -2.48. The number of hydrogen-bond acceptors (Lipinski definition) is 16. The Kier molecular flexibility index (Phi) is 26.9. The summed E-state index contributed by atoms with van der Waals surface area (Å²) in [5, 5.41) is 12.8. The second-order valence-electron chi connectivity index (χ2n) is 24.6. The Morgan fingerprint density at radius 1 is 0.235 bits per heavy atom. The molecule has 0 radical (unpaired) electrons. The minimum Gasteiger partial charge on any atom is -0.385 e. The number of aliphatic hydroxyl groups excluding tert-OH is 1. The Balaban J connectivity index is 0.891. The smallest absolute Gasteiger partial charge is 0.187 e. The number of benzene rings is 9. The van der Waals surface area contributed by atoms with E-state index in [-0.39, 0.29) is 72.7 Å². The van der Waals surface area contributed by atoms with Crippen LogP contribution >= 0.6 is 0 Å². The standard InChI is InChI=1S/C82H88O16/c1-84-81-78(92-54-66-43-25-9-26-44-66)76(90-52-64-39-21-7-22-40-64)73(87-49-61-33-15-4-16-34-61)69(97-81)58-95-82-79(93-55-67-45-27-10-28-46-67)77(91-53-65-41-23-8-24-42-65)74(88-50-62-35-17-5-18-36-62)70(98-82)57-94-80-71(83)75(89-51-63-37-19-6-20-38-63)72(86-48-60-31-13-3-14-32-60)68(96-80)56-85-47-59-29-11-2-12-30-59/h2-46,68-83H,47-58H2,1H3/t68-,69-,70-,71+,72-,73-,74-,75-,76+,77+,78+,79+,80+,81+,82+/m1/s1. The number of methoxy groups -OCH3 is 1. The average Bonchev–Trinajstić information content (AvgIpc) is 0.794. The third-order valence-corrected chi connectivity index (χ3v) is 17.6. The maximum Gasteiger partial charge on any atom is 0.187 e. The van der Waals surface area contributed by atoms with Gasteiger partial charge in [0.1, 0.15) is 73.2 Å². The van der Waals surface area contributed by atoms with Crippen molar-refractivity contribution in [3.8, 4) is 0 Å². The maximum atomic E-state index is 12.8. The largest absolute Gasteiger partial charge is 0.385 e. The highest BCUT2D eigenvalue weighted by atomic mass is 16.8. The van der Waals surface area contributed by atoms with Gasteiger partial charge in [-0.1, -0.05) is 273 Å². The van der Waals surface area contributed by atoms with Crippen LogP contribution in [0.25, 0.3) is 0 Å². The number of aliphatic hydroxyl groups is 1. The molecular formula is C82H88O16. The summed E-state index contributed by atoms with van der Waals surface area (Å²) < 4.78 is 104. The van der Waals surface area contributed by atoms with Crippen molar-refractivity contribution < 1.29 is 76.2 Å². The van der Waals surface area contributed by atoms with Gasteiger partial charge in [0.25, 0.3) is 0 Å². The molecule has 0 amide bonds. The van der Waals surface area contributed by atoms with E-state index >= 15 is 0 Å². The lowest BCUT2D eigenvalue weighted by molar-refractivity contribution is -0.360. The number of ether oxygens (including phenoxy) is 15. The molecule has 3 heterocycles.